The average Bonchev–Trinajstić information content (AvgIpc) is 2.89. The van der Waals surface area contributed by atoms with E-state index in [0.29, 0.717) is 30.8 Å². The number of rotatable bonds is 8. The number of benzene rings is 3. The Hall–Kier alpha value is -3.57. The lowest BCUT2D eigenvalue weighted by atomic mass is 9.67. The van der Waals surface area contributed by atoms with Crippen molar-refractivity contribution in [3.05, 3.63) is 107 Å². The second-order valence-electron chi connectivity index (χ2n) is 9.39. The van der Waals surface area contributed by atoms with E-state index in [1.54, 1.807) is 0 Å². The van der Waals surface area contributed by atoms with Gasteiger partial charge in [-0.3, -0.25) is 14.4 Å². The highest BCUT2D eigenvalue weighted by Crippen LogP contribution is 2.42. The average molecular weight is 470 g/mol. The van der Waals surface area contributed by atoms with Gasteiger partial charge in [-0.25, -0.2) is 0 Å². The van der Waals surface area contributed by atoms with Gasteiger partial charge in [-0.2, -0.15) is 0 Å². The maximum atomic E-state index is 13.9. The number of likely N-dealkylation sites (tertiary alicyclic amines) is 1. The number of carboxylic acids is 1. The highest BCUT2D eigenvalue weighted by molar-refractivity contribution is 6.02. The molecule has 0 radical (unpaired) electrons. The normalized spacial score (nSPS) is 20.3. The zero-order valence-corrected chi connectivity index (χ0v) is 20.2. The van der Waals surface area contributed by atoms with Crippen molar-refractivity contribution in [3.63, 3.8) is 0 Å². The van der Waals surface area contributed by atoms with Gasteiger partial charge in [0.25, 0.3) is 0 Å². The molecular weight excluding hydrogens is 438 g/mol. The Bertz CT molecular complexity index is 1140. The molecule has 2 unspecified atom stereocenters. The van der Waals surface area contributed by atoms with E-state index < -0.39 is 17.8 Å². The lowest BCUT2D eigenvalue weighted by Gasteiger charge is -2.43. The predicted molar refractivity (Wildman–Crippen MR) is 136 cm³/mol. The minimum atomic E-state index is -0.890. The van der Waals surface area contributed by atoms with E-state index in [4.69, 9.17) is 0 Å². The van der Waals surface area contributed by atoms with Crippen LogP contribution in [0.1, 0.15) is 49.7 Å². The zero-order valence-electron chi connectivity index (χ0n) is 20.2. The van der Waals surface area contributed by atoms with Crippen LogP contribution in [0.15, 0.2) is 78.9 Å². The summed E-state index contributed by atoms with van der Waals surface area (Å²) in [6.45, 7) is 5.22. The van der Waals surface area contributed by atoms with Gasteiger partial charge in [0, 0.05) is 48.5 Å². The van der Waals surface area contributed by atoms with Crippen LogP contribution < -0.4 is 0 Å². The fourth-order valence-electron chi connectivity index (χ4n) is 5.27. The molecule has 1 aliphatic rings. The number of Topliss-reactive ketones (excluding diaryl/α,β-unsaturated/α-hetero) is 2. The summed E-state index contributed by atoms with van der Waals surface area (Å²) in [5, 5.41) is 9.29. The molecule has 3 aromatic carbocycles. The van der Waals surface area contributed by atoms with E-state index in [9.17, 15) is 19.5 Å². The molecule has 5 heteroatoms. The first kappa shape index (κ1) is 24.6. The van der Waals surface area contributed by atoms with Gasteiger partial charge in [0.05, 0.1) is 6.42 Å². The molecule has 1 fully saturated rings. The van der Waals surface area contributed by atoms with Gasteiger partial charge in [-0.15, -0.1) is 0 Å². The Kier molecular flexibility index (Phi) is 7.57. The van der Waals surface area contributed by atoms with Gasteiger partial charge in [-0.05, 0) is 30.5 Å². The highest BCUT2D eigenvalue weighted by Gasteiger charge is 2.45. The molecule has 0 spiro atoms. The molecule has 1 saturated heterocycles. The lowest BCUT2D eigenvalue weighted by molar-refractivity contribution is -0.137. The van der Waals surface area contributed by atoms with Crippen LogP contribution in [-0.4, -0.2) is 47.2 Å². The molecule has 0 bridgehead atoms. The van der Waals surface area contributed by atoms with Crippen LogP contribution in [0.3, 0.4) is 0 Å². The minimum Gasteiger partial charge on any atom is -0.481 e. The Balaban J connectivity index is 1.83. The molecule has 1 aliphatic heterocycles. The van der Waals surface area contributed by atoms with Crippen LogP contribution in [0.4, 0.5) is 0 Å². The molecule has 3 aromatic rings. The van der Waals surface area contributed by atoms with Crippen LogP contribution in [0.5, 0.6) is 0 Å². The van der Waals surface area contributed by atoms with E-state index >= 15 is 0 Å². The van der Waals surface area contributed by atoms with Crippen molar-refractivity contribution >= 4 is 17.5 Å². The van der Waals surface area contributed by atoms with Gasteiger partial charge in [0.1, 0.15) is 0 Å². The molecular formula is C30H31NO4. The smallest absolute Gasteiger partial charge is 0.304 e. The van der Waals surface area contributed by atoms with Gasteiger partial charge in [0.15, 0.2) is 11.6 Å². The number of aliphatic carboxylic acids is 1. The first-order valence-electron chi connectivity index (χ1n) is 12.1. The van der Waals surface area contributed by atoms with Crippen LogP contribution in [0.2, 0.25) is 0 Å². The Morgan fingerprint density at radius 3 is 1.77 bits per heavy atom. The predicted octanol–water partition coefficient (Wildman–Crippen LogP) is 5.18. The summed E-state index contributed by atoms with van der Waals surface area (Å²) in [4.78, 5) is 41.1. The summed E-state index contributed by atoms with van der Waals surface area (Å²) >= 11 is 0. The van der Waals surface area contributed by atoms with Crippen LogP contribution in [0, 0.1) is 25.7 Å². The molecule has 1 N–H and O–H groups in total. The van der Waals surface area contributed by atoms with Gasteiger partial charge >= 0.3 is 5.97 Å². The summed E-state index contributed by atoms with van der Waals surface area (Å²) in [5.74, 6) is -2.17. The number of piperidine rings is 1. The van der Waals surface area contributed by atoms with Crippen LogP contribution in [0.25, 0.3) is 0 Å². The van der Waals surface area contributed by atoms with Crippen molar-refractivity contribution in [2.75, 3.05) is 19.6 Å². The molecule has 0 aliphatic carbocycles. The number of carbonyl (C=O) groups is 3. The van der Waals surface area contributed by atoms with Gasteiger partial charge in [0.2, 0.25) is 0 Å². The molecule has 0 amide bonds. The van der Waals surface area contributed by atoms with Crippen molar-refractivity contribution in [2.45, 2.75) is 26.2 Å². The van der Waals surface area contributed by atoms with Crippen molar-refractivity contribution in [1.29, 1.82) is 0 Å². The Labute approximate surface area is 206 Å². The second-order valence-corrected chi connectivity index (χ2v) is 9.39. The van der Waals surface area contributed by atoms with Crippen LogP contribution in [-0.2, 0) is 4.79 Å². The van der Waals surface area contributed by atoms with E-state index in [2.05, 4.69) is 6.92 Å². The first-order chi connectivity index (χ1) is 16.9. The molecule has 2 atom stereocenters. The van der Waals surface area contributed by atoms with Crippen molar-refractivity contribution in [3.8, 4) is 0 Å². The third kappa shape index (κ3) is 5.41. The summed E-state index contributed by atoms with van der Waals surface area (Å²) in [7, 11) is 0. The minimum absolute atomic E-state index is 0.0117. The quantitative estimate of drug-likeness (QED) is 0.461. The number of ketones is 2. The van der Waals surface area contributed by atoms with Crippen LogP contribution >= 0.6 is 0 Å². The fraction of sp³-hybridized carbons (Fsp3) is 0.300. The highest BCUT2D eigenvalue weighted by atomic mass is 16.4. The largest absolute Gasteiger partial charge is 0.481 e. The van der Waals surface area contributed by atoms with E-state index in [0.717, 1.165) is 16.7 Å². The molecule has 0 saturated carbocycles. The topological polar surface area (TPSA) is 74.7 Å². The van der Waals surface area contributed by atoms with E-state index in [-0.39, 0.29) is 23.9 Å². The lowest BCUT2D eigenvalue weighted by Crippen LogP contribution is -2.51. The monoisotopic (exact) mass is 469 g/mol. The molecule has 35 heavy (non-hydrogen) atoms. The number of carbonyl (C=O) groups excluding carboxylic acids is 2. The summed E-state index contributed by atoms with van der Waals surface area (Å²) in [6.07, 6.45) is -0.0351. The Morgan fingerprint density at radius 1 is 0.771 bits per heavy atom. The van der Waals surface area contributed by atoms with Crippen molar-refractivity contribution in [1.82, 2.24) is 4.90 Å². The molecule has 4 rings (SSSR count). The summed E-state index contributed by atoms with van der Waals surface area (Å²) in [6, 6.07) is 24.5. The van der Waals surface area contributed by atoms with Crippen molar-refractivity contribution < 1.29 is 19.5 Å². The maximum absolute atomic E-state index is 13.9. The van der Waals surface area contributed by atoms with E-state index in [1.807, 2.05) is 90.7 Å². The van der Waals surface area contributed by atoms with Gasteiger partial charge < -0.3 is 10.0 Å². The number of carboxylic acid groups (broad SMARTS) is 1. The fourth-order valence-corrected chi connectivity index (χ4v) is 5.27. The Morgan fingerprint density at radius 2 is 1.29 bits per heavy atom. The molecule has 180 valence electrons. The summed E-state index contributed by atoms with van der Waals surface area (Å²) in [5.41, 5.74) is 4.45. The number of nitrogens with zero attached hydrogens (tertiary/aromatic N) is 1. The zero-order chi connectivity index (χ0) is 24.9. The maximum Gasteiger partial charge on any atom is 0.304 e. The van der Waals surface area contributed by atoms with Crippen molar-refractivity contribution in [2.24, 2.45) is 11.8 Å². The SMILES string of the molecule is Cc1cccc(C2C(C(=O)c3ccccc3)CN(CCC(=O)O)CC2C(=O)c2ccccc2)c1C. The third-order valence-electron chi connectivity index (χ3n) is 7.21. The summed E-state index contributed by atoms with van der Waals surface area (Å²) < 4.78 is 0. The standard InChI is InChI=1S/C30H31NO4/c1-20-10-9-15-24(21(20)2)28-25(29(34)22-11-5-3-6-12-22)18-31(17-16-27(32)33)19-26(28)30(35)23-13-7-4-8-14-23/h3-15,25-26,28H,16-19H2,1-2H3,(H,32,33). The molecule has 0 aromatic heterocycles. The molecule has 1 heterocycles. The van der Waals surface area contributed by atoms with E-state index in [1.165, 1.54) is 0 Å². The number of hydrogen-bond donors (Lipinski definition) is 1. The third-order valence-corrected chi connectivity index (χ3v) is 7.21. The first-order valence-corrected chi connectivity index (χ1v) is 12.1. The molecule has 5 nitrogen and oxygen atoms in total. The number of aryl methyl sites for hydroxylation is 1. The van der Waals surface area contributed by atoms with Gasteiger partial charge in [-0.1, -0.05) is 78.9 Å². The second kappa shape index (κ2) is 10.8. The number of hydrogen-bond acceptors (Lipinski definition) is 4.